The molecule has 3 fully saturated rings. The number of esters is 1. The van der Waals surface area contributed by atoms with Crippen molar-refractivity contribution in [2.24, 2.45) is 23.5 Å². The maximum Gasteiger partial charge on any atom is 0.405 e. The zero-order valence-electron chi connectivity index (χ0n) is 33.1. The van der Waals surface area contributed by atoms with Crippen LogP contribution < -0.4 is 16.4 Å². The van der Waals surface area contributed by atoms with Crippen LogP contribution in [0.1, 0.15) is 87.0 Å². The fourth-order valence-electron chi connectivity index (χ4n) is 8.13. The fourth-order valence-corrected chi connectivity index (χ4v) is 8.13. The second-order valence-corrected chi connectivity index (χ2v) is 16.0. The Morgan fingerprint density at radius 3 is 2.37 bits per heavy atom. The molecule has 3 rings (SSSR count). The molecule has 5 N–H and O–H groups in total. The van der Waals surface area contributed by atoms with Gasteiger partial charge in [0.2, 0.25) is 5.91 Å². The first-order valence-corrected chi connectivity index (χ1v) is 19.0. The molecule has 0 radical (unpaired) electrons. The molecule has 12 atom stereocenters. The molecule has 3 heterocycles. The highest BCUT2D eigenvalue weighted by atomic mass is 16.7. The predicted molar refractivity (Wildman–Crippen MR) is 194 cm³/mol. The summed E-state index contributed by atoms with van der Waals surface area (Å²) in [5.41, 5.74) is 3.14. The van der Waals surface area contributed by atoms with E-state index in [0.29, 0.717) is 32.4 Å². The van der Waals surface area contributed by atoms with Gasteiger partial charge in [0.15, 0.2) is 11.9 Å². The van der Waals surface area contributed by atoms with Gasteiger partial charge in [0.05, 0.1) is 24.4 Å². The van der Waals surface area contributed by atoms with E-state index in [0.717, 1.165) is 25.9 Å². The number of cyclic esters (lactones) is 1. The van der Waals surface area contributed by atoms with Gasteiger partial charge in [-0.1, -0.05) is 27.7 Å². The summed E-state index contributed by atoms with van der Waals surface area (Å²) >= 11 is 0. The van der Waals surface area contributed by atoms with Gasteiger partial charge in [0.1, 0.15) is 24.4 Å². The fraction of sp³-hybridized carbons (Fsp3) is 0.892. The molecule has 0 aromatic rings. The van der Waals surface area contributed by atoms with Gasteiger partial charge in [0.25, 0.3) is 0 Å². The average molecular weight is 742 g/mol. The van der Waals surface area contributed by atoms with Gasteiger partial charge in [-0.05, 0) is 92.5 Å². The summed E-state index contributed by atoms with van der Waals surface area (Å²) < 4.78 is 30.7. The molecule has 52 heavy (non-hydrogen) atoms. The van der Waals surface area contributed by atoms with Crippen molar-refractivity contribution >= 4 is 23.8 Å². The number of carbonyl (C=O) groups excluding carboxylic acids is 4. The Bertz CT molecular complexity index is 1200. The van der Waals surface area contributed by atoms with E-state index < -0.39 is 72.1 Å². The molecule has 0 aliphatic carbocycles. The molecule has 3 unspecified atom stereocenters. The number of aliphatic hydroxyl groups is 1. The van der Waals surface area contributed by atoms with Crippen molar-refractivity contribution in [2.45, 2.75) is 141 Å². The molecule has 300 valence electrons. The van der Waals surface area contributed by atoms with E-state index in [2.05, 4.69) is 22.5 Å². The molecule has 0 aromatic carbocycles. The summed E-state index contributed by atoms with van der Waals surface area (Å²) in [6.07, 6.45) is -2.77. The summed E-state index contributed by atoms with van der Waals surface area (Å²) in [4.78, 5) is 56.3. The van der Waals surface area contributed by atoms with Crippen molar-refractivity contribution in [3.8, 4) is 0 Å². The number of nitrogens with zero attached hydrogens (tertiary/aromatic N) is 2. The number of aliphatic hydroxyl groups excluding tert-OH is 1. The van der Waals surface area contributed by atoms with E-state index in [4.69, 9.17) is 29.4 Å². The summed E-state index contributed by atoms with van der Waals surface area (Å²) in [7, 11) is 5.28. The van der Waals surface area contributed by atoms with E-state index in [1.165, 1.54) is 0 Å². The summed E-state index contributed by atoms with van der Waals surface area (Å²) in [6.45, 7) is 15.9. The zero-order valence-corrected chi connectivity index (χ0v) is 33.1. The van der Waals surface area contributed by atoms with Gasteiger partial charge >= 0.3 is 12.1 Å². The molecular formula is C37H67N5O10. The van der Waals surface area contributed by atoms with Gasteiger partial charge in [-0.15, -0.1) is 0 Å². The maximum absolute atomic E-state index is 14.0. The van der Waals surface area contributed by atoms with E-state index >= 15 is 0 Å². The molecule has 3 aliphatic heterocycles. The molecule has 0 spiro atoms. The Balaban J connectivity index is 1.92. The second kappa shape index (κ2) is 19.3. The average Bonchev–Trinajstić information content (AvgIpc) is 3.59. The lowest BCUT2D eigenvalue weighted by molar-refractivity contribution is -0.296. The predicted octanol–water partition coefficient (Wildman–Crippen LogP) is 1.82. The molecule has 0 aromatic heterocycles. The monoisotopic (exact) mass is 741 g/mol. The normalized spacial score (nSPS) is 39.0. The Morgan fingerprint density at radius 1 is 1.13 bits per heavy atom. The quantitative estimate of drug-likeness (QED) is 0.188. The van der Waals surface area contributed by atoms with Crippen molar-refractivity contribution in [1.29, 1.82) is 0 Å². The number of nitrogens with one attached hydrogen (secondary N) is 2. The van der Waals surface area contributed by atoms with E-state index in [9.17, 15) is 24.3 Å². The molecule has 3 aliphatic rings. The number of Topliss-reactive ketones (excluding diaryl/α,β-unsaturated/α-hetero) is 1. The van der Waals surface area contributed by atoms with Gasteiger partial charge in [-0.3, -0.25) is 19.3 Å². The van der Waals surface area contributed by atoms with Gasteiger partial charge in [0, 0.05) is 37.6 Å². The van der Waals surface area contributed by atoms with Gasteiger partial charge < -0.3 is 50.1 Å². The van der Waals surface area contributed by atoms with Crippen LogP contribution in [0.3, 0.4) is 0 Å². The minimum absolute atomic E-state index is 0.00779. The Labute approximate surface area is 310 Å². The van der Waals surface area contributed by atoms with Crippen LogP contribution in [-0.2, 0) is 38.1 Å². The van der Waals surface area contributed by atoms with Crippen LogP contribution in [0, 0.1) is 17.8 Å². The van der Waals surface area contributed by atoms with Crippen LogP contribution in [0.4, 0.5) is 4.79 Å². The highest BCUT2D eigenvalue weighted by Gasteiger charge is 2.50. The number of methoxy groups -OCH3 is 1. The van der Waals surface area contributed by atoms with Crippen molar-refractivity contribution in [1.82, 2.24) is 20.4 Å². The van der Waals surface area contributed by atoms with E-state index in [1.807, 2.05) is 46.7 Å². The smallest absolute Gasteiger partial charge is 0.405 e. The number of likely N-dealkylation sites (tertiary alicyclic amines) is 1. The van der Waals surface area contributed by atoms with Crippen molar-refractivity contribution in [3.63, 3.8) is 0 Å². The minimum atomic E-state index is -1.28. The minimum Gasteiger partial charge on any atom is -0.458 e. The van der Waals surface area contributed by atoms with E-state index in [1.54, 1.807) is 21.0 Å². The first-order chi connectivity index (χ1) is 24.3. The standard InChI is InChI=1S/C37H67N5O10/c1-11-29-37(7,52-35(38)47)24(4)25(5)39-19-22(2)18-36(6,48-10)33(23(3)28(43)17-31(45)50-29)51-34-32(46)27(41(8)9)16-26(49-34)20-40-30(44)21-42-14-12-13-15-42/h22-27,29,32-34,39,46H,11-21H2,1-10H3,(H2,38,47)(H,40,44)/t22-,23+,24-,25-,26?,27?,29-,32?,33-,34+,36-,37+/m1/s1. The third-order valence-electron chi connectivity index (χ3n) is 11.7. The number of primary amides is 1. The maximum atomic E-state index is 14.0. The first kappa shape index (κ1) is 44.0. The van der Waals surface area contributed by atoms with Crippen LogP contribution in [0.5, 0.6) is 0 Å². The number of ether oxygens (including phenoxy) is 5. The number of rotatable bonds is 10. The summed E-state index contributed by atoms with van der Waals surface area (Å²) in [5, 5.41) is 18.1. The highest BCUT2D eigenvalue weighted by molar-refractivity contribution is 5.97. The molecule has 15 nitrogen and oxygen atoms in total. The SMILES string of the molecule is CC[C@H]1OC(=O)CC(=O)[C@H](C)[C@@H](O[C@@H]2OC(CNC(=O)CN3CCCC3)CC(N(C)C)C2O)[C@](C)(OC)C[C@@H](C)CN[C@H](C)[C@@H](C)[C@]1(C)OC(N)=O. The van der Waals surface area contributed by atoms with Crippen molar-refractivity contribution in [2.75, 3.05) is 53.9 Å². The summed E-state index contributed by atoms with van der Waals surface area (Å²) in [6, 6.07) is -0.571. The lowest BCUT2D eigenvalue weighted by atomic mass is 9.79. The second-order valence-electron chi connectivity index (χ2n) is 16.0. The molecule has 2 amide bonds. The lowest BCUT2D eigenvalue weighted by Gasteiger charge is -2.47. The highest BCUT2D eigenvalue weighted by Crippen LogP contribution is 2.37. The van der Waals surface area contributed by atoms with Crippen molar-refractivity contribution in [3.05, 3.63) is 0 Å². The number of likely N-dealkylation sites (N-methyl/N-ethyl adjacent to an activating group) is 1. The molecule has 0 bridgehead atoms. The molecular weight excluding hydrogens is 674 g/mol. The van der Waals surface area contributed by atoms with Crippen LogP contribution in [0.2, 0.25) is 0 Å². The first-order valence-electron chi connectivity index (χ1n) is 19.0. The third kappa shape index (κ3) is 11.3. The number of hydrogen-bond donors (Lipinski definition) is 4. The third-order valence-corrected chi connectivity index (χ3v) is 11.7. The zero-order chi connectivity index (χ0) is 39.0. The lowest BCUT2D eigenvalue weighted by Crippen LogP contribution is -2.60. The Morgan fingerprint density at radius 2 is 1.79 bits per heavy atom. The van der Waals surface area contributed by atoms with Gasteiger partial charge in [-0.2, -0.15) is 0 Å². The van der Waals surface area contributed by atoms with Crippen LogP contribution >= 0.6 is 0 Å². The largest absolute Gasteiger partial charge is 0.458 e. The number of nitrogens with two attached hydrogens (primary N) is 1. The van der Waals surface area contributed by atoms with E-state index in [-0.39, 0.29) is 36.4 Å². The Kier molecular flexibility index (Phi) is 16.3. The number of ketones is 1. The van der Waals surface area contributed by atoms with Crippen molar-refractivity contribution < 1.29 is 48.0 Å². The Hall–Kier alpha value is -2.40. The number of carbonyl (C=O) groups is 4. The molecule has 15 heteroatoms. The van der Waals surface area contributed by atoms with Crippen LogP contribution in [0.15, 0.2) is 0 Å². The van der Waals surface area contributed by atoms with Crippen LogP contribution in [-0.4, -0.2) is 147 Å². The number of hydrogen-bond acceptors (Lipinski definition) is 13. The topological polar surface area (TPSA) is 191 Å². The van der Waals surface area contributed by atoms with Gasteiger partial charge in [-0.25, -0.2) is 4.79 Å². The molecule has 3 saturated heterocycles. The summed E-state index contributed by atoms with van der Waals surface area (Å²) in [5.74, 6) is -2.57. The number of amides is 2. The molecule has 0 saturated carbocycles. The van der Waals surface area contributed by atoms with Crippen LogP contribution in [0.25, 0.3) is 0 Å².